The van der Waals surface area contributed by atoms with E-state index in [1.807, 2.05) is 0 Å². The van der Waals surface area contributed by atoms with E-state index < -0.39 is 10.0 Å². The molecular weight excluding hydrogens is 382 g/mol. The third kappa shape index (κ3) is 4.88. The normalized spacial score (nSPS) is 12.7. The first-order valence-corrected chi connectivity index (χ1v) is 9.32. The molecule has 0 aliphatic carbocycles. The molecule has 4 N–H and O–H groups in total. The van der Waals surface area contributed by atoms with Crippen LogP contribution in [0.3, 0.4) is 0 Å². The summed E-state index contributed by atoms with van der Waals surface area (Å²) >= 11 is 3.41. The molecule has 23 heavy (non-hydrogen) atoms. The van der Waals surface area contributed by atoms with Crippen LogP contribution in [-0.4, -0.2) is 24.4 Å². The topological polar surface area (TPSA) is 110 Å². The maximum Gasteiger partial charge on any atom is 0.238 e. The molecule has 9 heteroatoms. The molecule has 7 nitrogen and oxygen atoms in total. The minimum Gasteiger partial charge on any atom is -0.367 e. The highest BCUT2D eigenvalue weighted by atomic mass is 79.9. The number of sulfonamides is 1. The van der Waals surface area contributed by atoms with Crippen LogP contribution in [0.2, 0.25) is 0 Å². The van der Waals surface area contributed by atoms with Crippen molar-refractivity contribution >= 4 is 43.4 Å². The van der Waals surface area contributed by atoms with Crippen molar-refractivity contribution in [3.05, 3.63) is 34.9 Å². The number of nitrogens with zero attached hydrogens (tertiary/aromatic N) is 2. The summed E-state index contributed by atoms with van der Waals surface area (Å²) in [6.45, 7) is 4.15. The average molecular weight is 400 g/mol. The van der Waals surface area contributed by atoms with Gasteiger partial charge in [0.1, 0.15) is 5.82 Å². The van der Waals surface area contributed by atoms with E-state index in [0.717, 1.165) is 10.9 Å². The van der Waals surface area contributed by atoms with E-state index in [2.05, 4.69) is 50.4 Å². The maximum atomic E-state index is 11.2. The molecular formula is C14H18BrN5O2S. The zero-order valence-corrected chi connectivity index (χ0v) is 15.1. The Hall–Kier alpha value is -1.71. The van der Waals surface area contributed by atoms with Gasteiger partial charge in [-0.15, -0.1) is 0 Å². The number of hydrogen-bond acceptors (Lipinski definition) is 6. The lowest BCUT2D eigenvalue weighted by Crippen LogP contribution is -2.15. The third-order valence-electron chi connectivity index (χ3n) is 3.18. The minimum atomic E-state index is -3.70. The lowest BCUT2D eigenvalue weighted by molar-refractivity contribution is 0.598. The molecule has 0 spiro atoms. The first kappa shape index (κ1) is 17.6. The van der Waals surface area contributed by atoms with Gasteiger partial charge in [-0.05, 0) is 53.5 Å². The molecule has 1 unspecified atom stereocenters. The van der Waals surface area contributed by atoms with Crippen molar-refractivity contribution in [2.24, 2.45) is 5.14 Å². The fraction of sp³-hybridized carbons (Fsp3) is 0.286. The van der Waals surface area contributed by atoms with Gasteiger partial charge in [-0.1, -0.05) is 6.92 Å². The van der Waals surface area contributed by atoms with Crippen molar-refractivity contribution in [2.75, 3.05) is 10.6 Å². The van der Waals surface area contributed by atoms with Crippen LogP contribution < -0.4 is 15.8 Å². The summed E-state index contributed by atoms with van der Waals surface area (Å²) in [6.07, 6.45) is 2.62. The molecule has 0 saturated heterocycles. The van der Waals surface area contributed by atoms with Gasteiger partial charge in [0.05, 0.1) is 9.37 Å². The second kappa shape index (κ2) is 7.24. The van der Waals surface area contributed by atoms with Crippen LogP contribution in [0.4, 0.5) is 17.5 Å². The molecule has 0 bridgehead atoms. The fourth-order valence-corrected chi connectivity index (χ4v) is 2.54. The first-order chi connectivity index (χ1) is 10.8. The number of primary sulfonamides is 1. The molecule has 2 rings (SSSR count). The third-order valence-corrected chi connectivity index (χ3v) is 4.69. The number of aromatic nitrogens is 2. The van der Waals surface area contributed by atoms with Gasteiger partial charge < -0.3 is 10.6 Å². The van der Waals surface area contributed by atoms with E-state index in [0.29, 0.717) is 17.5 Å². The standard InChI is InChI=1S/C14H18BrN5O2S/c1-3-9(2)18-13-12(15)8-17-14(20-13)19-10-4-6-11(7-5-10)23(16,21)22/h4-9H,3H2,1-2H3,(H2,16,21,22)(H2,17,18,19,20). The van der Waals surface area contributed by atoms with Gasteiger partial charge in [-0.3, -0.25) is 0 Å². The Balaban J connectivity index is 2.18. The van der Waals surface area contributed by atoms with Crippen molar-refractivity contribution in [3.63, 3.8) is 0 Å². The van der Waals surface area contributed by atoms with E-state index >= 15 is 0 Å². The number of benzene rings is 1. The summed E-state index contributed by atoms with van der Waals surface area (Å²) in [5.74, 6) is 1.10. The molecule has 2 aromatic rings. The number of rotatable bonds is 6. The SMILES string of the molecule is CCC(C)Nc1nc(Nc2ccc(S(N)(=O)=O)cc2)ncc1Br. The van der Waals surface area contributed by atoms with Gasteiger partial charge in [0, 0.05) is 17.9 Å². The Morgan fingerprint density at radius 2 is 1.96 bits per heavy atom. The van der Waals surface area contributed by atoms with Crippen molar-refractivity contribution in [3.8, 4) is 0 Å². The predicted molar refractivity (Wildman–Crippen MR) is 94.2 cm³/mol. The van der Waals surface area contributed by atoms with Gasteiger partial charge in [-0.25, -0.2) is 18.5 Å². The molecule has 124 valence electrons. The Morgan fingerprint density at radius 3 is 2.52 bits per heavy atom. The molecule has 0 aliphatic rings. The van der Waals surface area contributed by atoms with Crippen molar-refractivity contribution < 1.29 is 8.42 Å². The van der Waals surface area contributed by atoms with E-state index in [1.165, 1.54) is 12.1 Å². The first-order valence-electron chi connectivity index (χ1n) is 6.98. The summed E-state index contributed by atoms with van der Waals surface area (Å²) in [7, 11) is -3.70. The van der Waals surface area contributed by atoms with Crippen molar-refractivity contribution in [1.82, 2.24) is 9.97 Å². The van der Waals surface area contributed by atoms with Crippen LogP contribution in [0.25, 0.3) is 0 Å². The summed E-state index contributed by atoms with van der Waals surface area (Å²) in [5, 5.41) is 11.4. The molecule has 1 aromatic carbocycles. The van der Waals surface area contributed by atoms with E-state index in [-0.39, 0.29) is 10.9 Å². The van der Waals surface area contributed by atoms with Gasteiger partial charge in [-0.2, -0.15) is 4.98 Å². The molecule has 0 radical (unpaired) electrons. The van der Waals surface area contributed by atoms with Crippen molar-refractivity contribution in [1.29, 1.82) is 0 Å². The van der Waals surface area contributed by atoms with Gasteiger partial charge in [0.15, 0.2) is 0 Å². The van der Waals surface area contributed by atoms with Crippen LogP contribution >= 0.6 is 15.9 Å². The molecule has 0 saturated carbocycles. The van der Waals surface area contributed by atoms with Crippen molar-refractivity contribution in [2.45, 2.75) is 31.2 Å². The van der Waals surface area contributed by atoms with Gasteiger partial charge >= 0.3 is 0 Å². The summed E-state index contributed by atoms with van der Waals surface area (Å²) in [6, 6.07) is 6.34. The number of nitrogens with two attached hydrogens (primary N) is 1. The molecule has 0 fully saturated rings. The predicted octanol–water partition coefficient (Wildman–Crippen LogP) is 2.84. The molecule has 0 amide bonds. The number of anilines is 3. The lowest BCUT2D eigenvalue weighted by atomic mass is 10.2. The summed E-state index contributed by atoms with van der Waals surface area (Å²) in [4.78, 5) is 8.64. The number of hydrogen-bond donors (Lipinski definition) is 3. The Bertz CT molecular complexity index is 780. The smallest absolute Gasteiger partial charge is 0.238 e. The highest BCUT2D eigenvalue weighted by Gasteiger charge is 2.09. The largest absolute Gasteiger partial charge is 0.367 e. The van der Waals surface area contributed by atoms with Crippen LogP contribution in [-0.2, 0) is 10.0 Å². The van der Waals surface area contributed by atoms with Crippen LogP contribution in [0.15, 0.2) is 39.8 Å². The quantitative estimate of drug-likeness (QED) is 0.688. The molecule has 1 atom stereocenters. The highest BCUT2D eigenvalue weighted by Crippen LogP contribution is 2.23. The summed E-state index contributed by atoms with van der Waals surface area (Å²) < 4.78 is 23.2. The van der Waals surface area contributed by atoms with Crippen LogP contribution in [0.1, 0.15) is 20.3 Å². The number of halogens is 1. The van der Waals surface area contributed by atoms with E-state index in [4.69, 9.17) is 5.14 Å². The summed E-state index contributed by atoms with van der Waals surface area (Å²) in [5.41, 5.74) is 0.661. The zero-order valence-electron chi connectivity index (χ0n) is 12.7. The number of nitrogens with one attached hydrogen (secondary N) is 2. The van der Waals surface area contributed by atoms with Crippen LogP contribution in [0, 0.1) is 0 Å². The average Bonchev–Trinajstić information content (AvgIpc) is 2.50. The van der Waals surface area contributed by atoms with Gasteiger partial charge in [0.25, 0.3) is 0 Å². The second-order valence-corrected chi connectivity index (χ2v) is 7.45. The second-order valence-electron chi connectivity index (χ2n) is 5.04. The highest BCUT2D eigenvalue weighted by molar-refractivity contribution is 9.10. The van der Waals surface area contributed by atoms with E-state index in [9.17, 15) is 8.42 Å². The molecule has 1 heterocycles. The van der Waals surface area contributed by atoms with E-state index in [1.54, 1.807) is 18.3 Å². The Morgan fingerprint density at radius 1 is 1.30 bits per heavy atom. The minimum absolute atomic E-state index is 0.0545. The monoisotopic (exact) mass is 399 g/mol. The zero-order chi connectivity index (χ0) is 17.0. The lowest BCUT2D eigenvalue weighted by Gasteiger charge is -2.14. The fourth-order valence-electron chi connectivity index (χ4n) is 1.72. The van der Waals surface area contributed by atoms with Crippen LogP contribution in [0.5, 0.6) is 0 Å². The Labute approximate surface area is 143 Å². The Kier molecular flexibility index (Phi) is 5.55. The van der Waals surface area contributed by atoms with Gasteiger partial charge in [0.2, 0.25) is 16.0 Å². The molecule has 1 aromatic heterocycles. The molecule has 0 aliphatic heterocycles. The maximum absolute atomic E-state index is 11.2.